The lowest BCUT2D eigenvalue weighted by Crippen LogP contribution is -2.39. The Morgan fingerprint density at radius 2 is 1.88 bits per heavy atom. The molecule has 2 rings (SSSR count). The van der Waals surface area contributed by atoms with E-state index in [0.717, 1.165) is 0 Å². The first kappa shape index (κ1) is 18.0. The molecular formula is C18H18FN3O3. The number of anilines is 1. The van der Waals surface area contributed by atoms with Gasteiger partial charge in [0.05, 0.1) is 5.70 Å². The van der Waals surface area contributed by atoms with Crippen LogP contribution in [-0.4, -0.2) is 18.4 Å². The number of carbonyl (C=O) groups excluding carboxylic acids is 2. The monoisotopic (exact) mass is 343 g/mol. The van der Waals surface area contributed by atoms with Gasteiger partial charge in [0.1, 0.15) is 0 Å². The molecule has 25 heavy (non-hydrogen) atoms. The van der Waals surface area contributed by atoms with E-state index in [1.807, 2.05) is 0 Å². The number of rotatable bonds is 7. The normalized spacial score (nSPS) is 9.84. The molecule has 0 radical (unpaired) electrons. The highest BCUT2D eigenvalue weighted by atomic mass is 19.1. The van der Waals surface area contributed by atoms with E-state index >= 15 is 0 Å². The zero-order valence-electron chi connectivity index (χ0n) is 13.6. The van der Waals surface area contributed by atoms with Crippen LogP contribution in [0, 0.1) is 5.82 Å². The number of hydrazine groups is 1. The first-order chi connectivity index (χ1) is 12.0. The zero-order chi connectivity index (χ0) is 18.2. The van der Waals surface area contributed by atoms with Gasteiger partial charge < -0.3 is 10.1 Å². The molecule has 0 spiro atoms. The molecule has 130 valence electrons. The number of ether oxygens (including phenoxy) is 1. The minimum atomic E-state index is -0.539. The van der Waals surface area contributed by atoms with Gasteiger partial charge in [-0.2, -0.15) is 0 Å². The van der Waals surface area contributed by atoms with E-state index in [-0.39, 0.29) is 18.3 Å². The molecular weight excluding hydrogens is 325 g/mol. The van der Waals surface area contributed by atoms with Crippen LogP contribution in [0.4, 0.5) is 10.1 Å². The number of carbonyl (C=O) groups is 2. The summed E-state index contributed by atoms with van der Waals surface area (Å²) in [6, 6.07) is 12.8. The largest absolute Gasteiger partial charge is 0.481 e. The Bertz CT molecular complexity index is 793. The first-order valence-corrected chi connectivity index (χ1v) is 7.45. The predicted molar refractivity (Wildman–Crippen MR) is 93.0 cm³/mol. The Morgan fingerprint density at radius 1 is 1.12 bits per heavy atom. The SMILES string of the molecule is C=C(NNC(=O)COc1ccccc1F)c1cccc(NC(C)=O)c1. The van der Waals surface area contributed by atoms with Crippen molar-refractivity contribution in [3.8, 4) is 5.75 Å². The number of para-hydroxylation sites is 1. The van der Waals surface area contributed by atoms with Gasteiger partial charge >= 0.3 is 0 Å². The summed E-state index contributed by atoms with van der Waals surface area (Å²) in [5, 5.41) is 2.66. The average molecular weight is 343 g/mol. The maximum Gasteiger partial charge on any atom is 0.276 e. The Morgan fingerprint density at radius 3 is 2.60 bits per heavy atom. The molecule has 0 aromatic heterocycles. The van der Waals surface area contributed by atoms with Crippen LogP contribution in [0.2, 0.25) is 0 Å². The standard InChI is InChI=1S/C18H18FN3O3/c1-12(14-6-5-7-15(10-14)20-13(2)23)21-22-18(24)11-25-17-9-4-3-8-16(17)19/h3-10,21H,1,11H2,2H3,(H,20,23)(H,22,24). The highest BCUT2D eigenvalue weighted by Crippen LogP contribution is 2.16. The van der Waals surface area contributed by atoms with Crippen molar-refractivity contribution < 1.29 is 18.7 Å². The maximum absolute atomic E-state index is 13.4. The molecule has 0 saturated heterocycles. The lowest BCUT2D eigenvalue weighted by molar-refractivity contribution is -0.123. The summed E-state index contributed by atoms with van der Waals surface area (Å²) in [6.07, 6.45) is 0. The van der Waals surface area contributed by atoms with Crippen LogP contribution in [0.3, 0.4) is 0 Å². The molecule has 0 aliphatic carbocycles. The molecule has 0 heterocycles. The minimum absolute atomic E-state index is 0.000477. The van der Waals surface area contributed by atoms with Crippen LogP contribution in [-0.2, 0) is 9.59 Å². The van der Waals surface area contributed by atoms with Gasteiger partial charge in [0, 0.05) is 18.2 Å². The van der Waals surface area contributed by atoms with Crippen LogP contribution in [0.25, 0.3) is 5.70 Å². The summed E-state index contributed by atoms with van der Waals surface area (Å²) in [5.74, 6) is -1.22. The predicted octanol–water partition coefficient (Wildman–Crippen LogP) is 2.45. The topological polar surface area (TPSA) is 79.5 Å². The van der Waals surface area contributed by atoms with E-state index < -0.39 is 11.7 Å². The molecule has 0 fully saturated rings. The van der Waals surface area contributed by atoms with Crippen molar-refractivity contribution in [1.29, 1.82) is 0 Å². The molecule has 7 heteroatoms. The Balaban J connectivity index is 1.84. The van der Waals surface area contributed by atoms with Gasteiger partial charge in [-0.3, -0.25) is 20.4 Å². The molecule has 0 unspecified atom stereocenters. The Hall–Kier alpha value is -3.35. The summed E-state index contributed by atoms with van der Waals surface area (Å²) in [4.78, 5) is 22.8. The summed E-state index contributed by atoms with van der Waals surface area (Å²) >= 11 is 0. The van der Waals surface area contributed by atoms with Gasteiger partial charge in [-0.1, -0.05) is 30.8 Å². The number of nitrogens with one attached hydrogen (secondary N) is 3. The molecule has 2 aromatic carbocycles. The molecule has 0 bridgehead atoms. The quantitative estimate of drug-likeness (QED) is 0.675. The van der Waals surface area contributed by atoms with Crippen molar-refractivity contribution >= 4 is 23.2 Å². The second kappa shape index (κ2) is 8.49. The van der Waals surface area contributed by atoms with Crippen molar-refractivity contribution in [2.24, 2.45) is 0 Å². The van der Waals surface area contributed by atoms with Crippen LogP contribution in [0.1, 0.15) is 12.5 Å². The van der Waals surface area contributed by atoms with Crippen molar-refractivity contribution in [3.63, 3.8) is 0 Å². The number of hydrogen-bond acceptors (Lipinski definition) is 4. The van der Waals surface area contributed by atoms with Gasteiger partial charge in [0.15, 0.2) is 18.2 Å². The lowest BCUT2D eigenvalue weighted by Gasteiger charge is -2.13. The fourth-order valence-corrected chi connectivity index (χ4v) is 1.95. The third-order valence-electron chi connectivity index (χ3n) is 3.08. The number of hydrogen-bond donors (Lipinski definition) is 3. The molecule has 6 nitrogen and oxygen atoms in total. The second-order valence-corrected chi connectivity index (χ2v) is 5.13. The summed E-state index contributed by atoms with van der Waals surface area (Å²) in [6.45, 7) is 4.87. The molecule has 0 saturated carbocycles. The highest BCUT2D eigenvalue weighted by molar-refractivity contribution is 5.89. The van der Waals surface area contributed by atoms with Crippen molar-refractivity contribution in [1.82, 2.24) is 10.9 Å². The van der Waals surface area contributed by atoms with Gasteiger partial charge in [-0.15, -0.1) is 0 Å². The molecule has 3 N–H and O–H groups in total. The van der Waals surface area contributed by atoms with E-state index in [9.17, 15) is 14.0 Å². The summed E-state index contributed by atoms with van der Waals surface area (Å²) in [7, 11) is 0. The third kappa shape index (κ3) is 5.65. The smallest absolute Gasteiger partial charge is 0.276 e. The van der Waals surface area contributed by atoms with Crippen molar-refractivity contribution in [2.75, 3.05) is 11.9 Å². The molecule has 2 amide bonds. The van der Waals surface area contributed by atoms with Crippen molar-refractivity contribution in [2.45, 2.75) is 6.92 Å². The van der Waals surface area contributed by atoms with E-state index in [2.05, 4.69) is 22.7 Å². The van der Waals surface area contributed by atoms with Crippen LogP contribution in [0.5, 0.6) is 5.75 Å². The lowest BCUT2D eigenvalue weighted by atomic mass is 10.1. The van der Waals surface area contributed by atoms with E-state index in [1.54, 1.807) is 30.3 Å². The fraction of sp³-hybridized carbons (Fsp3) is 0.111. The van der Waals surface area contributed by atoms with Gasteiger partial charge in [0.2, 0.25) is 5.91 Å². The van der Waals surface area contributed by atoms with E-state index in [0.29, 0.717) is 16.9 Å². The van der Waals surface area contributed by atoms with Crippen LogP contribution < -0.4 is 20.9 Å². The van der Waals surface area contributed by atoms with Crippen LogP contribution >= 0.6 is 0 Å². The third-order valence-corrected chi connectivity index (χ3v) is 3.08. The summed E-state index contributed by atoms with van der Waals surface area (Å²) in [5.41, 5.74) is 6.78. The molecule has 0 aliphatic rings. The van der Waals surface area contributed by atoms with Crippen LogP contribution in [0.15, 0.2) is 55.1 Å². The Labute approximate surface area is 144 Å². The molecule has 0 aliphatic heterocycles. The average Bonchev–Trinajstić information content (AvgIpc) is 2.58. The minimum Gasteiger partial charge on any atom is -0.481 e. The maximum atomic E-state index is 13.4. The zero-order valence-corrected chi connectivity index (χ0v) is 13.6. The van der Waals surface area contributed by atoms with Gasteiger partial charge in [-0.25, -0.2) is 4.39 Å². The highest BCUT2D eigenvalue weighted by Gasteiger charge is 2.07. The number of halogens is 1. The van der Waals surface area contributed by atoms with E-state index in [1.165, 1.54) is 25.1 Å². The fourth-order valence-electron chi connectivity index (χ4n) is 1.95. The van der Waals surface area contributed by atoms with Crippen molar-refractivity contribution in [3.05, 3.63) is 66.5 Å². The van der Waals surface area contributed by atoms with Gasteiger partial charge in [-0.05, 0) is 24.3 Å². The van der Waals surface area contributed by atoms with E-state index in [4.69, 9.17) is 4.74 Å². The number of amides is 2. The molecule has 2 aromatic rings. The molecule has 0 atom stereocenters. The van der Waals surface area contributed by atoms with Gasteiger partial charge in [0.25, 0.3) is 5.91 Å². The summed E-state index contributed by atoms with van der Waals surface area (Å²) < 4.78 is 18.5. The second-order valence-electron chi connectivity index (χ2n) is 5.13. The Kier molecular flexibility index (Phi) is 6.11. The first-order valence-electron chi connectivity index (χ1n) is 7.45. The number of benzene rings is 2.